The highest BCUT2D eigenvalue weighted by Crippen LogP contribution is 2.13. The molecule has 1 atom stereocenters. The molecule has 0 bridgehead atoms. The van der Waals surface area contributed by atoms with Crippen molar-refractivity contribution >= 4 is 5.97 Å². The molecule has 2 N–H and O–H groups in total. The van der Waals surface area contributed by atoms with Gasteiger partial charge in [0.2, 0.25) is 0 Å². The largest absolute Gasteiger partial charge is 0.465 e. The van der Waals surface area contributed by atoms with Crippen LogP contribution < -0.4 is 5.32 Å². The van der Waals surface area contributed by atoms with Crippen molar-refractivity contribution in [3.63, 3.8) is 0 Å². The van der Waals surface area contributed by atoms with Gasteiger partial charge in [-0.3, -0.25) is 0 Å². The number of carbonyl (C=O) groups excluding carboxylic acids is 1. The van der Waals surface area contributed by atoms with Crippen LogP contribution in [0.25, 0.3) is 0 Å². The van der Waals surface area contributed by atoms with E-state index in [2.05, 4.69) is 17.0 Å². The number of esters is 1. The van der Waals surface area contributed by atoms with Gasteiger partial charge in [0.1, 0.15) is 5.82 Å². The Kier molecular flexibility index (Phi) is 7.93. The van der Waals surface area contributed by atoms with Crippen molar-refractivity contribution in [3.05, 3.63) is 35.1 Å². The Bertz CT molecular complexity index is 445. The Morgan fingerprint density at radius 1 is 1.43 bits per heavy atom. The third-order valence-corrected chi connectivity index (χ3v) is 3.44. The number of ether oxygens (including phenoxy) is 1. The van der Waals surface area contributed by atoms with Gasteiger partial charge in [-0.05, 0) is 43.0 Å². The van der Waals surface area contributed by atoms with Crippen LogP contribution >= 0.6 is 0 Å². The molecule has 4 nitrogen and oxygen atoms in total. The third kappa shape index (κ3) is 5.81. The number of nitrogens with one attached hydrogen (secondary N) is 1. The molecule has 0 aromatic heterocycles. The van der Waals surface area contributed by atoms with Gasteiger partial charge in [0.05, 0.1) is 12.7 Å². The maximum absolute atomic E-state index is 13.8. The second kappa shape index (κ2) is 9.47. The van der Waals surface area contributed by atoms with Crippen LogP contribution in [0.2, 0.25) is 0 Å². The first-order valence-corrected chi connectivity index (χ1v) is 7.30. The maximum atomic E-state index is 13.8. The van der Waals surface area contributed by atoms with Crippen LogP contribution in [0.15, 0.2) is 18.2 Å². The highest BCUT2D eigenvalue weighted by molar-refractivity contribution is 5.89. The molecule has 0 saturated carbocycles. The van der Waals surface area contributed by atoms with E-state index >= 15 is 0 Å². The molecule has 0 aliphatic heterocycles. The van der Waals surface area contributed by atoms with Crippen LogP contribution in [0.4, 0.5) is 4.39 Å². The van der Waals surface area contributed by atoms with Gasteiger partial charge in [0, 0.05) is 13.2 Å². The third-order valence-electron chi connectivity index (χ3n) is 3.44. The number of hydrogen-bond acceptors (Lipinski definition) is 4. The van der Waals surface area contributed by atoms with Gasteiger partial charge >= 0.3 is 5.97 Å². The van der Waals surface area contributed by atoms with Gasteiger partial charge in [-0.1, -0.05) is 19.4 Å². The SMILES string of the molecule is CCCC(CCO)CNCc1ccc(C(=O)OC)c(F)c1. The summed E-state index contributed by atoms with van der Waals surface area (Å²) >= 11 is 0. The summed E-state index contributed by atoms with van der Waals surface area (Å²) in [7, 11) is 1.23. The number of hydrogen-bond donors (Lipinski definition) is 2. The van der Waals surface area contributed by atoms with Crippen molar-refractivity contribution in [2.24, 2.45) is 5.92 Å². The Labute approximate surface area is 125 Å². The fraction of sp³-hybridized carbons (Fsp3) is 0.562. The number of carbonyl (C=O) groups is 1. The van der Waals surface area contributed by atoms with E-state index in [0.717, 1.165) is 31.4 Å². The topological polar surface area (TPSA) is 58.6 Å². The minimum absolute atomic E-state index is 0.0506. The average Bonchev–Trinajstić information content (AvgIpc) is 2.47. The smallest absolute Gasteiger partial charge is 0.340 e. The molecule has 0 heterocycles. The molecule has 21 heavy (non-hydrogen) atoms. The van der Waals surface area contributed by atoms with Crippen LogP contribution in [-0.2, 0) is 11.3 Å². The molecule has 1 unspecified atom stereocenters. The molecule has 0 aliphatic rings. The molecule has 5 heteroatoms. The summed E-state index contributed by atoms with van der Waals surface area (Å²) in [6.07, 6.45) is 2.91. The standard InChI is InChI=1S/C16H24FNO3/c1-3-4-12(7-8-19)10-18-11-13-5-6-14(15(17)9-13)16(20)21-2/h5-6,9,12,18-19H,3-4,7-8,10-11H2,1-2H3. The van der Waals surface area contributed by atoms with Gasteiger partial charge in [-0.15, -0.1) is 0 Å². The average molecular weight is 297 g/mol. The second-order valence-corrected chi connectivity index (χ2v) is 5.10. The highest BCUT2D eigenvalue weighted by Gasteiger charge is 2.12. The van der Waals surface area contributed by atoms with E-state index in [4.69, 9.17) is 5.11 Å². The molecule has 0 amide bonds. The summed E-state index contributed by atoms with van der Waals surface area (Å²) in [5.41, 5.74) is 0.727. The summed E-state index contributed by atoms with van der Waals surface area (Å²) in [5, 5.41) is 12.3. The molecule has 1 rings (SSSR count). The van der Waals surface area contributed by atoms with E-state index in [9.17, 15) is 9.18 Å². The number of aliphatic hydroxyl groups is 1. The maximum Gasteiger partial charge on any atom is 0.340 e. The van der Waals surface area contributed by atoms with Crippen LogP contribution in [0.3, 0.4) is 0 Å². The molecule has 1 aromatic carbocycles. The van der Waals surface area contributed by atoms with Crippen molar-refractivity contribution < 1.29 is 19.0 Å². The van der Waals surface area contributed by atoms with Crippen LogP contribution in [0.1, 0.15) is 42.1 Å². The zero-order valence-electron chi connectivity index (χ0n) is 12.7. The molecular weight excluding hydrogens is 273 g/mol. The van der Waals surface area contributed by atoms with E-state index in [1.54, 1.807) is 6.07 Å². The Morgan fingerprint density at radius 3 is 2.76 bits per heavy atom. The quantitative estimate of drug-likeness (QED) is 0.688. The van der Waals surface area contributed by atoms with Crippen molar-refractivity contribution in [2.75, 3.05) is 20.3 Å². The molecule has 0 aliphatic carbocycles. The van der Waals surface area contributed by atoms with Crippen molar-refractivity contribution in [1.82, 2.24) is 5.32 Å². The van der Waals surface area contributed by atoms with Gasteiger partial charge in [-0.25, -0.2) is 9.18 Å². The molecule has 0 spiro atoms. The van der Waals surface area contributed by atoms with Gasteiger partial charge in [0.15, 0.2) is 0 Å². The van der Waals surface area contributed by atoms with Crippen molar-refractivity contribution in [2.45, 2.75) is 32.7 Å². The summed E-state index contributed by atoms with van der Waals surface area (Å²) in [6, 6.07) is 4.50. The fourth-order valence-corrected chi connectivity index (χ4v) is 2.30. The zero-order valence-corrected chi connectivity index (χ0v) is 12.7. The molecule has 118 valence electrons. The minimum Gasteiger partial charge on any atom is -0.465 e. The molecular formula is C16H24FNO3. The molecule has 0 fully saturated rings. The first-order chi connectivity index (χ1) is 10.1. The van der Waals surface area contributed by atoms with Gasteiger partial charge in [-0.2, -0.15) is 0 Å². The van der Waals surface area contributed by atoms with Gasteiger partial charge in [0.25, 0.3) is 0 Å². The Hall–Kier alpha value is -1.46. The predicted octanol–water partition coefficient (Wildman–Crippen LogP) is 2.50. The monoisotopic (exact) mass is 297 g/mol. The van der Waals surface area contributed by atoms with E-state index < -0.39 is 11.8 Å². The van der Waals surface area contributed by atoms with E-state index in [1.165, 1.54) is 19.2 Å². The van der Waals surface area contributed by atoms with Gasteiger partial charge < -0.3 is 15.2 Å². The zero-order chi connectivity index (χ0) is 15.7. The lowest BCUT2D eigenvalue weighted by molar-refractivity contribution is 0.0595. The second-order valence-electron chi connectivity index (χ2n) is 5.10. The number of rotatable bonds is 9. The molecule has 0 radical (unpaired) electrons. The summed E-state index contributed by atoms with van der Waals surface area (Å²) in [5.74, 6) is -0.807. The normalized spacial score (nSPS) is 12.2. The van der Waals surface area contributed by atoms with Crippen LogP contribution in [0, 0.1) is 11.7 Å². The summed E-state index contributed by atoms with van der Waals surface area (Å²) in [6.45, 7) is 3.62. The minimum atomic E-state index is -0.669. The van der Waals surface area contributed by atoms with E-state index in [-0.39, 0.29) is 12.2 Å². The van der Waals surface area contributed by atoms with Crippen molar-refractivity contribution in [3.8, 4) is 0 Å². The van der Waals surface area contributed by atoms with Crippen LogP contribution in [-0.4, -0.2) is 31.3 Å². The lowest BCUT2D eigenvalue weighted by Gasteiger charge is -2.15. The van der Waals surface area contributed by atoms with E-state index in [0.29, 0.717) is 12.5 Å². The highest BCUT2D eigenvalue weighted by atomic mass is 19.1. The Morgan fingerprint density at radius 2 is 2.19 bits per heavy atom. The lowest BCUT2D eigenvalue weighted by atomic mass is 10.00. The lowest BCUT2D eigenvalue weighted by Crippen LogP contribution is -2.23. The Balaban J connectivity index is 2.52. The molecule has 1 aromatic rings. The fourth-order valence-electron chi connectivity index (χ4n) is 2.30. The van der Waals surface area contributed by atoms with Crippen molar-refractivity contribution in [1.29, 1.82) is 0 Å². The predicted molar refractivity (Wildman–Crippen MR) is 79.5 cm³/mol. The molecule has 0 saturated heterocycles. The van der Waals surface area contributed by atoms with Crippen LogP contribution in [0.5, 0.6) is 0 Å². The number of halogens is 1. The first-order valence-electron chi connectivity index (χ1n) is 7.30. The number of methoxy groups -OCH3 is 1. The summed E-state index contributed by atoms with van der Waals surface area (Å²) < 4.78 is 18.3. The summed E-state index contributed by atoms with van der Waals surface area (Å²) in [4.78, 5) is 11.3. The van der Waals surface area contributed by atoms with E-state index in [1.807, 2.05) is 0 Å². The first kappa shape index (κ1) is 17.6. The number of benzene rings is 1. The number of aliphatic hydroxyl groups excluding tert-OH is 1.